The summed E-state index contributed by atoms with van der Waals surface area (Å²) in [6.45, 7) is 0.350. The zero-order chi connectivity index (χ0) is 24.6. The number of amides is 2. The van der Waals surface area contributed by atoms with Crippen molar-refractivity contribution in [1.82, 2.24) is 4.90 Å². The van der Waals surface area contributed by atoms with Gasteiger partial charge in [-0.1, -0.05) is 72.8 Å². The molecule has 3 aliphatic rings. The Balaban J connectivity index is 1.35. The normalized spacial score (nSPS) is 29.6. The largest absolute Gasteiger partial charge is 0.368 e. The van der Waals surface area contributed by atoms with Crippen LogP contribution < -0.4 is 0 Å². The lowest BCUT2D eigenvalue weighted by molar-refractivity contribution is -0.348. The van der Waals surface area contributed by atoms with Gasteiger partial charge >= 0.3 is 0 Å². The van der Waals surface area contributed by atoms with E-state index in [2.05, 4.69) is 0 Å². The Bertz CT molecular complexity index is 1220. The van der Waals surface area contributed by atoms with Crippen LogP contribution in [-0.2, 0) is 25.6 Å². The van der Waals surface area contributed by atoms with E-state index in [1.54, 1.807) is 24.3 Å². The lowest BCUT2D eigenvalue weighted by Crippen LogP contribution is -2.67. The standard InChI is InChI=1S/C28H25NO7/c30-25-19-13-7-8-14-20(19)26(31)29(25)22-24(33-15-17-9-3-1-4-10-17)23-21(35-27(22)32)16-34-28(36-23)18-11-5-2-6-12-18/h1-14,21-24,27-28,32H,15-16H2/t21-,22-,23-,24+,27-,28?/m1/s1. The summed E-state index contributed by atoms with van der Waals surface area (Å²) in [6, 6.07) is 24.5. The summed E-state index contributed by atoms with van der Waals surface area (Å²) in [5.74, 6) is -0.997. The van der Waals surface area contributed by atoms with Gasteiger partial charge in [0.05, 0.1) is 24.3 Å². The average Bonchev–Trinajstić information content (AvgIpc) is 3.17. The molecular weight excluding hydrogens is 462 g/mol. The van der Waals surface area contributed by atoms with Gasteiger partial charge < -0.3 is 24.1 Å². The van der Waals surface area contributed by atoms with Crippen LogP contribution in [0, 0.1) is 0 Å². The monoisotopic (exact) mass is 487 g/mol. The Morgan fingerprint density at radius 1 is 0.833 bits per heavy atom. The first-order valence-corrected chi connectivity index (χ1v) is 11.9. The summed E-state index contributed by atoms with van der Waals surface area (Å²) < 4.78 is 24.4. The minimum absolute atomic E-state index is 0.154. The first-order chi connectivity index (χ1) is 17.6. The summed E-state index contributed by atoms with van der Waals surface area (Å²) in [7, 11) is 0. The molecule has 2 fully saturated rings. The van der Waals surface area contributed by atoms with E-state index < -0.39 is 48.7 Å². The van der Waals surface area contributed by atoms with Crippen molar-refractivity contribution in [2.24, 2.45) is 0 Å². The van der Waals surface area contributed by atoms with E-state index >= 15 is 0 Å². The molecule has 3 heterocycles. The summed E-state index contributed by atoms with van der Waals surface area (Å²) in [6.07, 6.45) is -4.37. The molecule has 0 aromatic heterocycles. The van der Waals surface area contributed by atoms with Gasteiger partial charge in [-0.15, -0.1) is 0 Å². The van der Waals surface area contributed by atoms with E-state index in [4.69, 9.17) is 18.9 Å². The number of aliphatic hydroxyl groups excluding tert-OH is 1. The number of hydrogen-bond acceptors (Lipinski definition) is 7. The molecular formula is C28H25NO7. The fraction of sp³-hybridized carbons (Fsp3) is 0.286. The van der Waals surface area contributed by atoms with Crippen molar-refractivity contribution in [1.29, 1.82) is 0 Å². The van der Waals surface area contributed by atoms with Crippen LogP contribution in [0.3, 0.4) is 0 Å². The second-order valence-corrected chi connectivity index (χ2v) is 9.02. The number of carbonyl (C=O) groups excluding carboxylic acids is 2. The highest BCUT2D eigenvalue weighted by Gasteiger charge is 2.56. The molecule has 0 spiro atoms. The van der Waals surface area contributed by atoms with Gasteiger partial charge in [-0.2, -0.15) is 0 Å². The Hall–Kier alpha value is -3.40. The molecule has 0 saturated carbocycles. The molecule has 6 atom stereocenters. The summed E-state index contributed by atoms with van der Waals surface area (Å²) >= 11 is 0. The Morgan fingerprint density at radius 3 is 2.11 bits per heavy atom. The molecule has 36 heavy (non-hydrogen) atoms. The molecule has 6 rings (SSSR count). The molecule has 8 heteroatoms. The molecule has 8 nitrogen and oxygen atoms in total. The van der Waals surface area contributed by atoms with Crippen molar-refractivity contribution in [2.45, 2.75) is 43.5 Å². The molecule has 3 aliphatic heterocycles. The van der Waals surface area contributed by atoms with E-state index in [0.29, 0.717) is 0 Å². The van der Waals surface area contributed by atoms with Crippen molar-refractivity contribution >= 4 is 11.8 Å². The minimum atomic E-state index is -1.48. The first-order valence-electron chi connectivity index (χ1n) is 11.9. The van der Waals surface area contributed by atoms with E-state index in [1.807, 2.05) is 60.7 Å². The van der Waals surface area contributed by atoms with Gasteiger partial charge in [0.2, 0.25) is 0 Å². The number of nitrogens with zero attached hydrogens (tertiary/aromatic N) is 1. The highest BCUT2D eigenvalue weighted by atomic mass is 16.7. The molecule has 0 bridgehead atoms. The number of fused-ring (bicyclic) bond motifs is 2. The van der Waals surface area contributed by atoms with Crippen LogP contribution in [0.2, 0.25) is 0 Å². The Labute approximate surface area is 208 Å². The first kappa shape index (κ1) is 23.0. The predicted octanol–water partition coefficient (Wildman–Crippen LogP) is 3.07. The lowest BCUT2D eigenvalue weighted by atomic mass is 9.94. The van der Waals surface area contributed by atoms with Crippen molar-refractivity contribution < 1.29 is 33.6 Å². The summed E-state index contributed by atoms with van der Waals surface area (Å²) in [5.41, 5.74) is 2.30. The number of rotatable bonds is 5. The fourth-order valence-electron chi connectivity index (χ4n) is 5.07. The molecule has 0 aliphatic carbocycles. The zero-order valence-corrected chi connectivity index (χ0v) is 19.3. The fourth-order valence-corrected chi connectivity index (χ4v) is 5.07. The van der Waals surface area contributed by atoms with Crippen LogP contribution in [0.25, 0.3) is 0 Å². The third kappa shape index (κ3) is 4.03. The minimum Gasteiger partial charge on any atom is -0.368 e. The van der Waals surface area contributed by atoms with Crippen LogP contribution in [0.5, 0.6) is 0 Å². The van der Waals surface area contributed by atoms with E-state index in [9.17, 15) is 14.7 Å². The number of hydrogen-bond donors (Lipinski definition) is 1. The second kappa shape index (κ2) is 9.57. The Morgan fingerprint density at radius 2 is 1.44 bits per heavy atom. The molecule has 0 radical (unpaired) electrons. The van der Waals surface area contributed by atoms with Gasteiger partial charge in [-0.05, 0) is 17.7 Å². The van der Waals surface area contributed by atoms with Crippen LogP contribution in [0.4, 0.5) is 0 Å². The number of ether oxygens (including phenoxy) is 4. The maximum absolute atomic E-state index is 13.3. The van der Waals surface area contributed by atoms with Gasteiger partial charge in [0.15, 0.2) is 12.6 Å². The van der Waals surface area contributed by atoms with Crippen molar-refractivity contribution in [3.8, 4) is 0 Å². The number of aliphatic hydroxyl groups is 1. The molecule has 2 amide bonds. The Kier molecular flexibility index (Phi) is 6.12. The highest BCUT2D eigenvalue weighted by molar-refractivity contribution is 6.21. The second-order valence-electron chi connectivity index (χ2n) is 9.02. The smallest absolute Gasteiger partial charge is 0.262 e. The van der Waals surface area contributed by atoms with Crippen molar-refractivity contribution in [3.05, 3.63) is 107 Å². The van der Waals surface area contributed by atoms with Crippen molar-refractivity contribution in [3.63, 3.8) is 0 Å². The maximum Gasteiger partial charge on any atom is 0.262 e. The third-order valence-electron chi connectivity index (χ3n) is 6.81. The molecule has 1 unspecified atom stereocenters. The van der Waals surface area contributed by atoms with Crippen LogP contribution in [0.1, 0.15) is 38.1 Å². The zero-order valence-electron chi connectivity index (χ0n) is 19.3. The molecule has 184 valence electrons. The quantitative estimate of drug-likeness (QED) is 0.553. The third-order valence-corrected chi connectivity index (χ3v) is 6.81. The molecule has 3 aromatic rings. The molecule has 1 N–H and O–H groups in total. The van der Waals surface area contributed by atoms with E-state index in [0.717, 1.165) is 16.0 Å². The maximum atomic E-state index is 13.3. The van der Waals surface area contributed by atoms with Crippen LogP contribution in [0.15, 0.2) is 84.9 Å². The SMILES string of the molecule is O=C1c2ccccc2C(=O)N1[C@@H]1[C@H](OCc2ccccc2)[C@@H]2OC(c3ccccc3)OC[C@H]2O[C@H]1O. The van der Waals surface area contributed by atoms with Gasteiger partial charge in [0.25, 0.3) is 11.8 Å². The van der Waals surface area contributed by atoms with Crippen LogP contribution in [-0.4, -0.2) is 59.1 Å². The molecule has 3 aromatic carbocycles. The van der Waals surface area contributed by atoms with E-state index in [-0.39, 0.29) is 24.3 Å². The number of carbonyl (C=O) groups is 2. The summed E-state index contributed by atoms with van der Waals surface area (Å²) in [5, 5.41) is 11.1. The average molecular weight is 488 g/mol. The number of benzene rings is 3. The van der Waals surface area contributed by atoms with Crippen LogP contribution >= 0.6 is 0 Å². The van der Waals surface area contributed by atoms with Gasteiger partial charge in [0, 0.05) is 5.56 Å². The van der Waals surface area contributed by atoms with Gasteiger partial charge in [-0.3, -0.25) is 14.5 Å². The van der Waals surface area contributed by atoms with Crippen molar-refractivity contribution in [2.75, 3.05) is 6.61 Å². The predicted molar refractivity (Wildman–Crippen MR) is 127 cm³/mol. The number of imide groups is 1. The van der Waals surface area contributed by atoms with Gasteiger partial charge in [-0.25, -0.2) is 0 Å². The van der Waals surface area contributed by atoms with E-state index in [1.165, 1.54) is 0 Å². The lowest BCUT2D eigenvalue weighted by Gasteiger charge is -2.49. The molecule has 2 saturated heterocycles. The van der Waals surface area contributed by atoms with Gasteiger partial charge in [0.1, 0.15) is 24.4 Å². The summed E-state index contributed by atoms with van der Waals surface area (Å²) in [4.78, 5) is 27.7. The topological polar surface area (TPSA) is 94.5 Å². The highest BCUT2D eigenvalue weighted by Crippen LogP contribution is 2.39.